The summed E-state index contributed by atoms with van der Waals surface area (Å²) in [6.45, 7) is 7.10. The number of aryl methyl sites for hydroxylation is 2. The zero-order chi connectivity index (χ0) is 30.8. The molecule has 226 valence electrons. The number of aromatic hydroxyl groups is 1. The molecule has 1 unspecified atom stereocenters. The zero-order valence-corrected chi connectivity index (χ0v) is 25.8. The number of carbonyl (C=O) groups is 3. The summed E-state index contributed by atoms with van der Waals surface area (Å²) in [4.78, 5) is 44.7. The van der Waals surface area contributed by atoms with E-state index in [1.165, 1.54) is 22.2 Å². The van der Waals surface area contributed by atoms with E-state index < -0.39 is 30.0 Å². The molecule has 1 aliphatic heterocycles. The molecule has 43 heavy (non-hydrogen) atoms. The van der Waals surface area contributed by atoms with Gasteiger partial charge in [0.15, 0.2) is 6.10 Å². The number of phenols is 1. The summed E-state index contributed by atoms with van der Waals surface area (Å²) >= 11 is 1.49. The second kappa shape index (κ2) is 12.8. The van der Waals surface area contributed by atoms with Gasteiger partial charge in [0.05, 0.1) is 23.3 Å². The highest BCUT2D eigenvalue weighted by Crippen LogP contribution is 2.40. The van der Waals surface area contributed by atoms with E-state index in [1.807, 2.05) is 54.3 Å². The zero-order valence-electron chi connectivity index (χ0n) is 25.0. The Morgan fingerprint density at radius 3 is 2.47 bits per heavy atom. The van der Waals surface area contributed by atoms with Crippen LogP contribution in [0.5, 0.6) is 5.75 Å². The largest absolute Gasteiger partial charge is 0.507 e. The highest BCUT2D eigenvalue weighted by atomic mass is 32.2. The third-order valence-corrected chi connectivity index (χ3v) is 9.91. The number of fused-ring (bicyclic) bond motifs is 1. The summed E-state index contributed by atoms with van der Waals surface area (Å²) in [5.74, 6) is -1.02. The van der Waals surface area contributed by atoms with E-state index in [2.05, 4.69) is 17.4 Å². The van der Waals surface area contributed by atoms with Gasteiger partial charge in [-0.1, -0.05) is 60.7 Å². The van der Waals surface area contributed by atoms with Crippen LogP contribution in [-0.2, 0) is 22.4 Å². The van der Waals surface area contributed by atoms with Gasteiger partial charge in [-0.2, -0.15) is 0 Å². The minimum Gasteiger partial charge on any atom is -0.507 e. The number of benzene rings is 3. The number of aliphatic hydroxyl groups excluding tert-OH is 1. The van der Waals surface area contributed by atoms with E-state index in [0.717, 1.165) is 24.0 Å². The molecule has 0 saturated carbocycles. The molecule has 3 aromatic carbocycles. The van der Waals surface area contributed by atoms with Crippen LogP contribution >= 0.6 is 11.8 Å². The van der Waals surface area contributed by atoms with Crippen molar-refractivity contribution in [3.05, 3.63) is 100 Å². The van der Waals surface area contributed by atoms with Crippen molar-refractivity contribution in [1.29, 1.82) is 0 Å². The van der Waals surface area contributed by atoms with Crippen LogP contribution < -0.4 is 5.32 Å². The van der Waals surface area contributed by atoms with Crippen LogP contribution in [0.15, 0.2) is 66.7 Å². The average Bonchev–Trinajstić information content (AvgIpc) is 3.38. The normalized spacial score (nSPS) is 21.6. The van der Waals surface area contributed by atoms with Crippen LogP contribution in [-0.4, -0.2) is 67.2 Å². The highest BCUT2D eigenvalue weighted by Gasteiger charge is 2.43. The van der Waals surface area contributed by atoms with E-state index in [1.54, 1.807) is 32.9 Å². The molecule has 8 nitrogen and oxygen atoms in total. The molecule has 0 bridgehead atoms. The molecule has 1 heterocycles. The lowest BCUT2D eigenvalue weighted by atomic mass is 9.98. The first-order valence-corrected chi connectivity index (χ1v) is 15.8. The smallest absolute Gasteiger partial charge is 0.254 e. The predicted molar refractivity (Wildman–Crippen MR) is 168 cm³/mol. The second-order valence-corrected chi connectivity index (χ2v) is 12.8. The monoisotopic (exact) mass is 601 g/mol. The molecule has 1 aliphatic carbocycles. The lowest BCUT2D eigenvalue weighted by Crippen LogP contribution is -2.56. The molecule has 5 rings (SSSR count). The van der Waals surface area contributed by atoms with Crippen molar-refractivity contribution in [3.63, 3.8) is 0 Å². The Balaban J connectivity index is 1.39. The molecule has 0 aromatic heterocycles. The number of nitrogens with zero attached hydrogens (tertiary/aromatic N) is 2. The topological polar surface area (TPSA) is 110 Å². The first kappa shape index (κ1) is 30.6. The van der Waals surface area contributed by atoms with Crippen molar-refractivity contribution in [1.82, 2.24) is 15.1 Å². The van der Waals surface area contributed by atoms with Gasteiger partial charge in [0, 0.05) is 11.1 Å². The molecule has 5 atom stereocenters. The first-order valence-electron chi connectivity index (χ1n) is 14.7. The fraction of sp³-hybridized carbons (Fsp3) is 0.382. The fourth-order valence-corrected chi connectivity index (χ4v) is 7.31. The van der Waals surface area contributed by atoms with Gasteiger partial charge < -0.3 is 25.3 Å². The van der Waals surface area contributed by atoms with Crippen molar-refractivity contribution in [3.8, 4) is 5.75 Å². The maximum absolute atomic E-state index is 14.0. The number of hydrogen-bond acceptors (Lipinski definition) is 6. The summed E-state index contributed by atoms with van der Waals surface area (Å²) < 4.78 is 0. The van der Waals surface area contributed by atoms with Gasteiger partial charge in [-0.15, -0.1) is 11.8 Å². The van der Waals surface area contributed by atoms with Crippen molar-refractivity contribution < 1.29 is 24.6 Å². The maximum atomic E-state index is 14.0. The predicted octanol–water partition coefficient (Wildman–Crippen LogP) is 4.49. The fourth-order valence-electron chi connectivity index (χ4n) is 6.17. The van der Waals surface area contributed by atoms with E-state index in [4.69, 9.17) is 0 Å². The van der Waals surface area contributed by atoms with Crippen LogP contribution in [0.4, 0.5) is 0 Å². The molecule has 2 aliphatic rings. The summed E-state index contributed by atoms with van der Waals surface area (Å²) in [6.07, 6.45) is 0.324. The molecule has 3 aromatic rings. The van der Waals surface area contributed by atoms with E-state index in [0.29, 0.717) is 11.1 Å². The van der Waals surface area contributed by atoms with Crippen LogP contribution in [0, 0.1) is 13.8 Å². The molecule has 3 N–H and O–H groups in total. The van der Waals surface area contributed by atoms with E-state index in [-0.39, 0.29) is 40.9 Å². The SMILES string of the molecule is Cc1ccc(C(=O)N[C@@H](Cc2ccccc2)[C@H](O)C(=O)N2CSC(C)N([C@H]3CCc4ccccc43)C(=O)[C@@H]2C)c(C)c1O. The van der Waals surface area contributed by atoms with Gasteiger partial charge in [0.25, 0.3) is 11.8 Å². The number of thioether (sulfide) groups is 1. The molecular formula is C34H39N3O5S. The Morgan fingerprint density at radius 2 is 1.72 bits per heavy atom. The molecular weight excluding hydrogens is 562 g/mol. The molecule has 0 radical (unpaired) electrons. The maximum Gasteiger partial charge on any atom is 0.254 e. The number of amides is 3. The minimum absolute atomic E-state index is 0.0290. The third-order valence-electron chi connectivity index (χ3n) is 8.77. The van der Waals surface area contributed by atoms with Gasteiger partial charge in [-0.3, -0.25) is 14.4 Å². The van der Waals surface area contributed by atoms with Crippen molar-refractivity contribution in [2.75, 3.05) is 5.88 Å². The van der Waals surface area contributed by atoms with Gasteiger partial charge in [-0.05, 0) is 75.3 Å². The first-order chi connectivity index (χ1) is 20.6. The number of hydrogen-bond donors (Lipinski definition) is 3. The molecule has 1 saturated heterocycles. The van der Waals surface area contributed by atoms with E-state index in [9.17, 15) is 24.6 Å². The van der Waals surface area contributed by atoms with Crippen LogP contribution in [0.25, 0.3) is 0 Å². The van der Waals surface area contributed by atoms with Crippen molar-refractivity contribution in [2.45, 2.75) is 76.6 Å². The Bertz CT molecular complexity index is 1510. The summed E-state index contributed by atoms with van der Waals surface area (Å²) in [5.41, 5.74) is 4.55. The van der Waals surface area contributed by atoms with Crippen LogP contribution in [0.3, 0.4) is 0 Å². The lowest BCUT2D eigenvalue weighted by Gasteiger charge is -2.35. The number of carbonyl (C=O) groups excluding carboxylic acids is 3. The number of aliphatic hydroxyl groups is 1. The van der Waals surface area contributed by atoms with Crippen molar-refractivity contribution >= 4 is 29.5 Å². The third kappa shape index (κ3) is 6.15. The molecule has 9 heteroatoms. The number of rotatable bonds is 7. The standard InChI is InChI=1S/C34H39N3O5S/c1-20-14-16-26(21(2)30(20)38)32(40)35-28(18-24-10-6-5-7-11-24)31(39)34(42)36-19-43-23(4)37(33(41)22(36)3)29-17-15-25-12-8-9-13-27(25)29/h5-14,16,22-23,28-29,31,38-39H,15,17-19H2,1-4H3,(H,35,40)/t22-,23?,28-,29-,31-/m0/s1. The van der Waals surface area contributed by atoms with Crippen LogP contribution in [0.2, 0.25) is 0 Å². The van der Waals surface area contributed by atoms with E-state index >= 15 is 0 Å². The lowest BCUT2D eigenvalue weighted by molar-refractivity contribution is -0.150. The minimum atomic E-state index is -1.60. The molecule has 1 fully saturated rings. The highest BCUT2D eigenvalue weighted by molar-refractivity contribution is 7.99. The van der Waals surface area contributed by atoms with Gasteiger partial charge >= 0.3 is 0 Å². The number of nitrogens with one attached hydrogen (secondary N) is 1. The Labute approximate surface area is 257 Å². The Morgan fingerprint density at radius 1 is 1.02 bits per heavy atom. The second-order valence-electron chi connectivity index (χ2n) is 11.5. The van der Waals surface area contributed by atoms with Crippen molar-refractivity contribution in [2.24, 2.45) is 0 Å². The molecule has 3 amide bonds. The quantitative estimate of drug-likeness (QED) is 0.368. The summed E-state index contributed by atoms with van der Waals surface area (Å²) in [5, 5.41) is 24.6. The summed E-state index contributed by atoms with van der Waals surface area (Å²) in [6, 6.07) is 18.9. The average molecular weight is 602 g/mol. The van der Waals surface area contributed by atoms with Gasteiger partial charge in [0.2, 0.25) is 5.91 Å². The molecule has 0 spiro atoms. The number of phenolic OH excluding ortho intramolecular Hbond substituents is 1. The Kier molecular flexibility index (Phi) is 9.13. The Hall–Kier alpha value is -3.82. The van der Waals surface area contributed by atoms with Crippen LogP contribution in [0.1, 0.15) is 64.5 Å². The van der Waals surface area contributed by atoms with Gasteiger partial charge in [0.1, 0.15) is 11.8 Å². The summed E-state index contributed by atoms with van der Waals surface area (Å²) in [7, 11) is 0. The van der Waals surface area contributed by atoms with Gasteiger partial charge in [-0.25, -0.2) is 0 Å².